The number of hydrogen-bond donors (Lipinski definition) is 3. The molecule has 0 aliphatic carbocycles. The summed E-state index contributed by atoms with van der Waals surface area (Å²) in [6.07, 6.45) is 0. The largest absolute Gasteiger partial charge is 0.340 e. The molecule has 0 saturated heterocycles. The predicted molar refractivity (Wildman–Crippen MR) is 101 cm³/mol. The second-order valence-electron chi connectivity index (χ2n) is 5.60. The Morgan fingerprint density at radius 3 is 2.29 bits per heavy atom. The van der Waals surface area contributed by atoms with Crippen molar-refractivity contribution in [3.63, 3.8) is 0 Å². The van der Waals surface area contributed by atoms with E-state index in [1.54, 1.807) is 31.2 Å². The minimum Gasteiger partial charge on any atom is -0.273 e. The summed E-state index contributed by atoms with van der Waals surface area (Å²) in [7, 11) is 0. The zero-order valence-electron chi connectivity index (χ0n) is 14.6. The van der Waals surface area contributed by atoms with Crippen molar-refractivity contribution >= 4 is 29.4 Å². The summed E-state index contributed by atoms with van der Waals surface area (Å²) in [6, 6.07) is 14.4. The number of imide groups is 1. The Balaban J connectivity index is 1.60. The van der Waals surface area contributed by atoms with E-state index < -0.39 is 17.8 Å². The van der Waals surface area contributed by atoms with E-state index in [4.69, 9.17) is 11.6 Å². The normalized spacial score (nSPS) is 10.2. The van der Waals surface area contributed by atoms with E-state index in [0.717, 1.165) is 0 Å². The molecular formula is C18H15ClN6O3. The van der Waals surface area contributed by atoms with Crippen molar-refractivity contribution in [3.05, 3.63) is 76.6 Å². The number of aromatic nitrogens is 3. The van der Waals surface area contributed by atoms with Gasteiger partial charge in [0.05, 0.1) is 22.0 Å². The summed E-state index contributed by atoms with van der Waals surface area (Å²) in [4.78, 5) is 37.4. The van der Waals surface area contributed by atoms with Crippen molar-refractivity contribution < 1.29 is 14.4 Å². The predicted octanol–water partition coefficient (Wildman–Crippen LogP) is 2.01. The van der Waals surface area contributed by atoms with Gasteiger partial charge in [0.25, 0.3) is 11.8 Å². The Bertz CT molecular complexity index is 1030. The van der Waals surface area contributed by atoms with Gasteiger partial charge in [-0.1, -0.05) is 41.9 Å². The summed E-state index contributed by atoms with van der Waals surface area (Å²) >= 11 is 5.90. The number of hydrazine groups is 1. The number of hydrogen-bond acceptors (Lipinski definition) is 5. The second-order valence-corrected chi connectivity index (χ2v) is 6.01. The first-order valence-corrected chi connectivity index (χ1v) is 8.49. The van der Waals surface area contributed by atoms with Gasteiger partial charge in [0, 0.05) is 0 Å². The number of aryl methyl sites for hydroxylation is 1. The summed E-state index contributed by atoms with van der Waals surface area (Å²) in [5.41, 5.74) is 5.47. The smallest absolute Gasteiger partial charge is 0.273 e. The number of halogens is 1. The minimum absolute atomic E-state index is 0.0292. The molecule has 3 N–H and O–H groups in total. The number of amides is 4. The molecule has 10 heteroatoms. The first-order chi connectivity index (χ1) is 13.5. The number of carbonyl (C=O) groups excluding carboxylic acids is 3. The molecule has 1 heterocycles. The topological polar surface area (TPSA) is 118 Å². The number of rotatable bonds is 3. The molecule has 0 radical (unpaired) electrons. The first kappa shape index (κ1) is 19.1. The molecule has 0 spiro atoms. The highest BCUT2D eigenvalue weighted by atomic mass is 35.5. The van der Waals surface area contributed by atoms with Crippen LogP contribution in [0.15, 0.2) is 54.6 Å². The molecular weight excluding hydrogens is 384 g/mol. The lowest BCUT2D eigenvalue weighted by Crippen LogP contribution is -2.48. The van der Waals surface area contributed by atoms with E-state index >= 15 is 0 Å². The molecule has 9 nitrogen and oxygen atoms in total. The molecule has 0 fully saturated rings. The van der Waals surface area contributed by atoms with Crippen molar-refractivity contribution in [2.45, 2.75) is 6.92 Å². The number of benzene rings is 2. The van der Waals surface area contributed by atoms with Gasteiger partial charge in [0.2, 0.25) is 0 Å². The molecule has 0 bridgehead atoms. The highest BCUT2D eigenvalue weighted by Gasteiger charge is 2.18. The van der Waals surface area contributed by atoms with Crippen LogP contribution in [0.1, 0.15) is 26.5 Å². The quantitative estimate of drug-likeness (QED) is 0.583. The van der Waals surface area contributed by atoms with Crippen LogP contribution >= 0.6 is 11.6 Å². The van der Waals surface area contributed by atoms with Crippen LogP contribution in [0, 0.1) is 6.92 Å². The number of para-hydroxylation sites is 1. The van der Waals surface area contributed by atoms with E-state index in [1.165, 1.54) is 16.9 Å². The highest BCUT2D eigenvalue weighted by molar-refractivity contribution is 6.34. The maximum absolute atomic E-state index is 12.2. The molecule has 0 aliphatic heterocycles. The van der Waals surface area contributed by atoms with Gasteiger partial charge in [-0.15, -0.1) is 5.10 Å². The van der Waals surface area contributed by atoms with Gasteiger partial charge in [-0.25, -0.2) is 10.2 Å². The van der Waals surface area contributed by atoms with Crippen molar-refractivity contribution in [1.82, 2.24) is 31.2 Å². The lowest BCUT2D eigenvalue weighted by Gasteiger charge is -2.08. The molecule has 142 valence electrons. The third-order valence-corrected chi connectivity index (χ3v) is 3.95. The molecule has 0 saturated carbocycles. The maximum Gasteiger partial charge on any atom is 0.340 e. The summed E-state index contributed by atoms with van der Waals surface area (Å²) in [5, 5.41) is 10.5. The maximum atomic E-state index is 12.2. The molecule has 0 unspecified atom stereocenters. The Labute approximate surface area is 164 Å². The van der Waals surface area contributed by atoms with E-state index in [9.17, 15) is 14.4 Å². The van der Waals surface area contributed by atoms with E-state index in [-0.39, 0.29) is 16.3 Å². The monoisotopic (exact) mass is 398 g/mol. The average Bonchev–Trinajstić information content (AvgIpc) is 3.09. The van der Waals surface area contributed by atoms with Gasteiger partial charge in [-0.05, 0) is 31.2 Å². The Morgan fingerprint density at radius 1 is 0.893 bits per heavy atom. The van der Waals surface area contributed by atoms with Crippen LogP contribution < -0.4 is 16.2 Å². The van der Waals surface area contributed by atoms with Crippen LogP contribution in [0.4, 0.5) is 4.79 Å². The van der Waals surface area contributed by atoms with Crippen molar-refractivity contribution in [3.8, 4) is 5.69 Å². The van der Waals surface area contributed by atoms with Crippen molar-refractivity contribution in [2.75, 3.05) is 0 Å². The third-order valence-electron chi connectivity index (χ3n) is 3.62. The molecule has 2 aromatic carbocycles. The number of urea groups is 1. The summed E-state index contributed by atoms with van der Waals surface area (Å²) < 4.78 is 0. The van der Waals surface area contributed by atoms with Crippen LogP contribution in [-0.4, -0.2) is 32.8 Å². The van der Waals surface area contributed by atoms with E-state index in [0.29, 0.717) is 11.4 Å². The zero-order chi connectivity index (χ0) is 20.1. The molecule has 3 rings (SSSR count). The average molecular weight is 399 g/mol. The molecule has 3 aromatic rings. The summed E-state index contributed by atoms with van der Waals surface area (Å²) in [5.74, 6) is -1.39. The van der Waals surface area contributed by atoms with Gasteiger partial charge in [-0.2, -0.15) is 9.90 Å². The van der Waals surface area contributed by atoms with Crippen LogP contribution in [0.25, 0.3) is 5.69 Å². The number of nitrogens with one attached hydrogen (secondary N) is 3. The van der Waals surface area contributed by atoms with Gasteiger partial charge in [0.15, 0.2) is 5.69 Å². The fourth-order valence-corrected chi connectivity index (χ4v) is 2.51. The van der Waals surface area contributed by atoms with Gasteiger partial charge < -0.3 is 0 Å². The highest BCUT2D eigenvalue weighted by Crippen LogP contribution is 2.14. The molecule has 4 amide bonds. The van der Waals surface area contributed by atoms with Gasteiger partial charge in [-0.3, -0.25) is 20.3 Å². The lowest BCUT2D eigenvalue weighted by molar-refractivity contribution is 0.0914. The van der Waals surface area contributed by atoms with Crippen LogP contribution in [-0.2, 0) is 0 Å². The molecule has 0 aliphatic rings. The Kier molecular flexibility index (Phi) is 5.66. The first-order valence-electron chi connectivity index (χ1n) is 8.11. The van der Waals surface area contributed by atoms with E-state index in [2.05, 4.69) is 26.4 Å². The van der Waals surface area contributed by atoms with Gasteiger partial charge in [0.1, 0.15) is 0 Å². The molecule has 0 atom stereocenters. The fraction of sp³-hybridized carbons (Fsp3) is 0.0556. The Hall–Kier alpha value is -3.72. The minimum atomic E-state index is -0.925. The SMILES string of the molecule is Cc1nn(-c2ccccc2)nc1C(=O)NNC(=O)NC(=O)c1ccccc1Cl. The van der Waals surface area contributed by atoms with Crippen molar-refractivity contribution in [1.29, 1.82) is 0 Å². The molecule has 1 aromatic heterocycles. The Morgan fingerprint density at radius 2 is 1.57 bits per heavy atom. The van der Waals surface area contributed by atoms with Gasteiger partial charge >= 0.3 is 6.03 Å². The van der Waals surface area contributed by atoms with Crippen molar-refractivity contribution in [2.24, 2.45) is 0 Å². The number of carbonyl (C=O) groups is 3. The zero-order valence-corrected chi connectivity index (χ0v) is 15.4. The second kappa shape index (κ2) is 8.31. The van der Waals surface area contributed by atoms with E-state index in [1.807, 2.05) is 18.2 Å². The third kappa shape index (κ3) is 4.33. The number of nitrogens with zero attached hydrogens (tertiary/aromatic N) is 3. The molecule has 28 heavy (non-hydrogen) atoms. The van der Waals surface area contributed by atoms with Crippen LogP contribution in [0.5, 0.6) is 0 Å². The fourth-order valence-electron chi connectivity index (χ4n) is 2.29. The van der Waals surface area contributed by atoms with Crippen LogP contribution in [0.3, 0.4) is 0 Å². The standard InChI is InChI=1S/C18H15ClN6O3/c1-11-15(24-25(23-11)12-7-3-2-4-8-12)17(27)21-22-18(28)20-16(26)13-9-5-6-10-14(13)19/h2-10H,1H3,(H,21,27)(H2,20,22,26,28). The van der Waals surface area contributed by atoms with Crippen LogP contribution in [0.2, 0.25) is 5.02 Å². The summed E-state index contributed by atoms with van der Waals surface area (Å²) in [6.45, 7) is 1.61. The lowest BCUT2D eigenvalue weighted by atomic mass is 10.2.